The number of fused-ring (bicyclic) bond motifs is 1. The van der Waals surface area contributed by atoms with Crippen LogP contribution in [0.25, 0.3) is 10.9 Å². The van der Waals surface area contributed by atoms with E-state index in [0.29, 0.717) is 12.1 Å². The van der Waals surface area contributed by atoms with Crippen LogP contribution < -0.4 is 0 Å². The maximum atomic E-state index is 13.7. The van der Waals surface area contributed by atoms with Crippen molar-refractivity contribution in [3.8, 4) is 0 Å². The highest BCUT2D eigenvalue weighted by Crippen LogP contribution is 2.26. The van der Waals surface area contributed by atoms with Gasteiger partial charge in [-0.1, -0.05) is 24.3 Å². The highest BCUT2D eigenvalue weighted by atomic mass is 79.9. The van der Waals surface area contributed by atoms with Gasteiger partial charge < -0.3 is 9.67 Å². The molecule has 3 nitrogen and oxygen atoms in total. The highest BCUT2D eigenvalue weighted by molar-refractivity contribution is 9.10. The number of rotatable bonds is 3. The molecule has 0 saturated carbocycles. The van der Waals surface area contributed by atoms with Gasteiger partial charge in [-0.15, -0.1) is 0 Å². The van der Waals surface area contributed by atoms with Crippen molar-refractivity contribution in [2.75, 3.05) is 0 Å². The Balaban J connectivity index is 1.99. The van der Waals surface area contributed by atoms with Gasteiger partial charge in [-0.2, -0.15) is 0 Å². The quantitative estimate of drug-likeness (QED) is 0.767. The van der Waals surface area contributed by atoms with Gasteiger partial charge >= 0.3 is 5.97 Å². The van der Waals surface area contributed by atoms with Gasteiger partial charge in [0.15, 0.2) is 0 Å². The van der Waals surface area contributed by atoms with Gasteiger partial charge in [0.1, 0.15) is 5.82 Å². The molecule has 0 unspecified atom stereocenters. The van der Waals surface area contributed by atoms with Crippen LogP contribution in [0, 0.1) is 5.82 Å². The second kappa shape index (κ2) is 5.33. The number of para-hydroxylation sites is 1. The minimum absolute atomic E-state index is 0.308. The lowest BCUT2D eigenvalue weighted by atomic mass is 10.1. The summed E-state index contributed by atoms with van der Waals surface area (Å²) in [6, 6.07) is 12.1. The molecule has 0 atom stereocenters. The van der Waals surface area contributed by atoms with Gasteiger partial charge in [-0.25, -0.2) is 9.18 Å². The molecule has 1 heterocycles. The summed E-state index contributed by atoms with van der Waals surface area (Å²) in [6.45, 7) is 0.475. The van der Waals surface area contributed by atoms with Crippen molar-refractivity contribution in [1.29, 1.82) is 0 Å². The number of carbonyl (C=O) groups is 1. The molecule has 3 rings (SSSR count). The van der Waals surface area contributed by atoms with Crippen LogP contribution in [0.15, 0.2) is 53.1 Å². The van der Waals surface area contributed by atoms with E-state index in [2.05, 4.69) is 15.9 Å². The van der Waals surface area contributed by atoms with E-state index in [1.807, 2.05) is 35.0 Å². The predicted molar refractivity (Wildman–Crippen MR) is 82.1 cm³/mol. The third-order valence-electron chi connectivity index (χ3n) is 3.36. The Hall–Kier alpha value is -2.14. The fourth-order valence-electron chi connectivity index (χ4n) is 2.36. The lowest BCUT2D eigenvalue weighted by molar-refractivity contribution is 0.0692. The summed E-state index contributed by atoms with van der Waals surface area (Å²) in [5.74, 6) is -1.97. The number of carboxylic acid groups (broad SMARTS) is 1. The minimum atomic E-state index is -1.26. The Labute approximate surface area is 128 Å². The summed E-state index contributed by atoms with van der Waals surface area (Å²) in [7, 11) is 0. The van der Waals surface area contributed by atoms with Gasteiger partial charge in [-0.3, -0.25) is 0 Å². The van der Waals surface area contributed by atoms with Crippen LogP contribution in [0.4, 0.5) is 4.39 Å². The van der Waals surface area contributed by atoms with Gasteiger partial charge in [0, 0.05) is 28.1 Å². The van der Waals surface area contributed by atoms with E-state index in [1.165, 1.54) is 12.1 Å². The zero-order chi connectivity index (χ0) is 15.0. The number of carboxylic acids is 1. The van der Waals surface area contributed by atoms with E-state index in [0.717, 1.165) is 15.4 Å². The first-order chi connectivity index (χ1) is 10.1. The molecule has 0 aliphatic carbocycles. The van der Waals surface area contributed by atoms with Crippen molar-refractivity contribution in [2.24, 2.45) is 0 Å². The molecule has 106 valence electrons. The zero-order valence-electron chi connectivity index (χ0n) is 10.9. The van der Waals surface area contributed by atoms with Crippen molar-refractivity contribution in [2.45, 2.75) is 6.54 Å². The Kier molecular flexibility index (Phi) is 3.51. The number of halogens is 2. The molecule has 2 aromatic carbocycles. The van der Waals surface area contributed by atoms with Crippen LogP contribution in [-0.2, 0) is 6.54 Å². The van der Waals surface area contributed by atoms with Crippen molar-refractivity contribution in [3.63, 3.8) is 0 Å². The first-order valence-corrected chi connectivity index (χ1v) is 7.10. The highest BCUT2D eigenvalue weighted by Gasteiger charge is 2.11. The second-order valence-corrected chi connectivity index (χ2v) is 5.60. The smallest absolute Gasteiger partial charge is 0.338 e. The summed E-state index contributed by atoms with van der Waals surface area (Å²) in [5, 5.41) is 9.92. The van der Waals surface area contributed by atoms with Crippen LogP contribution in [0.2, 0.25) is 0 Å². The average Bonchev–Trinajstić information content (AvgIpc) is 2.76. The summed E-state index contributed by atoms with van der Waals surface area (Å²) in [4.78, 5) is 10.8. The molecule has 0 bridgehead atoms. The number of aromatic carboxylic acids is 1. The van der Waals surface area contributed by atoms with E-state index >= 15 is 0 Å². The van der Waals surface area contributed by atoms with E-state index in [1.54, 1.807) is 6.07 Å². The summed E-state index contributed by atoms with van der Waals surface area (Å²) < 4.78 is 16.7. The molecule has 0 aliphatic heterocycles. The number of benzene rings is 2. The molecule has 0 aliphatic rings. The molecule has 1 aromatic heterocycles. The Morgan fingerprint density at radius 3 is 2.71 bits per heavy atom. The number of hydrogen-bond acceptors (Lipinski definition) is 1. The molecule has 0 fully saturated rings. The van der Waals surface area contributed by atoms with Gasteiger partial charge in [0.05, 0.1) is 5.56 Å². The Bertz CT molecular complexity index is 841. The SMILES string of the molecule is O=C(O)c1ccc(Cn2cc(Br)c3ccccc32)cc1F. The third-order valence-corrected chi connectivity index (χ3v) is 3.99. The molecule has 3 aromatic rings. The molecule has 21 heavy (non-hydrogen) atoms. The van der Waals surface area contributed by atoms with Gasteiger partial charge in [0.25, 0.3) is 0 Å². The van der Waals surface area contributed by atoms with Crippen molar-refractivity contribution in [3.05, 3.63) is 70.1 Å². The first kappa shape index (κ1) is 13.8. The average molecular weight is 348 g/mol. The van der Waals surface area contributed by atoms with Crippen LogP contribution >= 0.6 is 15.9 Å². The van der Waals surface area contributed by atoms with Crippen molar-refractivity contribution < 1.29 is 14.3 Å². The standard InChI is InChI=1S/C16H11BrFNO2/c17-13-9-19(15-4-2-1-3-11(13)15)8-10-5-6-12(16(20)21)14(18)7-10/h1-7,9H,8H2,(H,20,21). The van der Waals surface area contributed by atoms with E-state index in [4.69, 9.17) is 5.11 Å². The number of nitrogens with zero attached hydrogens (tertiary/aromatic N) is 1. The van der Waals surface area contributed by atoms with Gasteiger partial charge in [0.2, 0.25) is 0 Å². The molecule has 0 amide bonds. The second-order valence-electron chi connectivity index (χ2n) is 4.74. The largest absolute Gasteiger partial charge is 0.478 e. The van der Waals surface area contributed by atoms with Crippen molar-refractivity contribution >= 4 is 32.8 Å². The molecule has 0 radical (unpaired) electrons. The van der Waals surface area contributed by atoms with Crippen LogP contribution in [0.5, 0.6) is 0 Å². The van der Waals surface area contributed by atoms with Crippen LogP contribution in [0.3, 0.4) is 0 Å². The lowest BCUT2D eigenvalue weighted by Gasteiger charge is -2.07. The zero-order valence-corrected chi connectivity index (χ0v) is 12.5. The lowest BCUT2D eigenvalue weighted by Crippen LogP contribution is -2.03. The Morgan fingerprint density at radius 2 is 2.00 bits per heavy atom. The fraction of sp³-hybridized carbons (Fsp3) is 0.0625. The van der Waals surface area contributed by atoms with E-state index in [-0.39, 0.29) is 5.56 Å². The molecule has 1 N–H and O–H groups in total. The predicted octanol–water partition coefficient (Wildman–Crippen LogP) is 4.29. The number of aromatic nitrogens is 1. The number of hydrogen-bond donors (Lipinski definition) is 1. The molecule has 0 saturated heterocycles. The first-order valence-electron chi connectivity index (χ1n) is 6.31. The van der Waals surface area contributed by atoms with Crippen LogP contribution in [0.1, 0.15) is 15.9 Å². The normalized spacial score (nSPS) is 11.0. The molecule has 0 spiro atoms. The molecular formula is C16H11BrFNO2. The third kappa shape index (κ3) is 2.56. The Morgan fingerprint density at radius 1 is 1.24 bits per heavy atom. The van der Waals surface area contributed by atoms with Crippen molar-refractivity contribution in [1.82, 2.24) is 4.57 Å². The van der Waals surface area contributed by atoms with E-state index < -0.39 is 11.8 Å². The molecule has 5 heteroatoms. The topological polar surface area (TPSA) is 42.2 Å². The summed E-state index contributed by atoms with van der Waals surface area (Å²) in [6.07, 6.45) is 1.94. The van der Waals surface area contributed by atoms with Crippen LogP contribution in [-0.4, -0.2) is 15.6 Å². The van der Waals surface area contributed by atoms with E-state index in [9.17, 15) is 9.18 Å². The fourth-order valence-corrected chi connectivity index (χ4v) is 2.94. The molecular weight excluding hydrogens is 337 g/mol. The maximum absolute atomic E-state index is 13.7. The summed E-state index contributed by atoms with van der Waals surface area (Å²) in [5.41, 5.74) is 1.44. The monoisotopic (exact) mass is 347 g/mol. The summed E-state index contributed by atoms with van der Waals surface area (Å²) >= 11 is 3.50. The minimum Gasteiger partial charge on any atom is -0.478 e. The van der Waals surface area contributed by atoms with Gasteiger partial charge in [-0.05, 0) is 39.7 Å². The maximum Gasteiger partial charge on any atom is 0.338 e.